The molecule has 0 aliphatic rings. The van der Waals surface area contributed by atoms with Crippen LogP contribution in [0.3, 0.4) is 0 Å². The Morgan fingerprint density at radius 3 is 2.69 bits per heavy atom. The van der Waals surface area contributed by atoms with E-state index in [1.165, 1.54) is 0 Å². The molecule has 0 aliphatic carbocycles. The fourth-order valence-electron chi connectivity index (χ4n) is 1.05. The number of hydrogen-bond acceptors (Lipinski definition) is 2. The van der Waals surface area contributed by atoms with Crippen LogP contribution < -0.4 is 0 Å². The van der Waals surface area contributed by atoms with Gasteiger partial charge >= 0.3 is 5.97 Å². The van der Waals surface area contributed by atoms with Crippen LogP contribution in [0, 0.1) is 0 Å². The van der Waals surface area contributed by atoms with Gasteiger partial charge in [0.25, 0.3) is 0 Å². The normalized spacial score (nSPS) is 10.8. The van der Waals surface area contributed by atoms with E-state index < -0.39 is 5.97 Å². The van der Waals surface area contributed by atoms with Crippen molar-refractivity contribution in [1.29, 1.82) is 0 Å². The van der Waals surface area contributed by atoms with Crippen LogP contribution in [0.25, 0.3) is 6.08 Å². The number of rotatable bonds is 5. The van der Waals surface area contributed by atoms with Gasteiger partial charge in [0.05, 0.1) is 0 Å². The van der Waals surface area contributed by atoms with Crippen molar-refractivity contribution in [3.05, 3.63) is 66.8 Å². The Labute approximate surface area is 95.6 Å². The molecule has 1 aromatic carbocycles. The molecule has 0 atom stereocenters. The maximum Gasteiger partial charge on any atom is 0.330 e. The Bertz CT molecular complexity index is 388. The minimum absolute atomic E-state index is 0.268. The molecule has 82 valence electrons. The Balaban J connectivity index is 2.29. The van der Waals surface area contributed by atoms with Crippen molar-refractivity contribution in [3.63, 3.8) is 0 Å². The number of carbonyl (C=O) groups is 1. The Morgan fingerprint density at radius 1 is 1.25 bits per heavy atom. The van der Waals surface area contributed by atoms with Gasteiger partial charge in [-0.1, -0.05) is 55.1 Å². The van der Waals surface area contributed by atoms with Crippen LogP contribution in [0.15, 0.2) is 61.2 Å². The minimum Gasteiger partial charge on any atom is -0.458 e. The fourth-order valence-corrected chi connectivity index (χ4v) is 1.05. The van der Waals surface area contributed by atoms with Gasteiger partial charge in [0, 0.05) is 6.08 Å². The predicted molar refractivity (Wildman–Crippen MR) is 65.8 cm³/mol. The standard InChI is InChI=1S/C14H14O2/c1-2-14(15)16-12-8-4-7-11-13-9-5-3-6-10-13/h2-11H,1,12H2. The van der Waals surface area contributed by atoms with Gasteiger partial charge < -0.3 is 4.74 Å². The summed E-state index contributed by atoms with van der Waals surface area (Å²) in [6.45, 7) is 3.57. The zero-order chi connectivity index (χ0) is 11.6. The van der Waals surface area contributed by atoms with Gasteiger partial charge in [-0.3, -0.25) is 0 Å². The van der Waals surface area contributed by atoms with Gasteiger partial charge in [0.2, 0.25) is 0 Å². The molecule has 0 heterocycles. The third-order valence-corrected chi connectivity index (χ3v) is 1.82. The van der Waals surface area contributed by atoms with Crippen LogP contribution in [0.4, 0.5) is 0 Å². The van der Waals surface area contributed by atoms with E-state index in [1.54, 1.807) is 6.08 Å². The van der Waals surface area contributed by atoms with Gasteiger partial charge in [0.15, 0.2) is 0 Å². The summed E-state index contributed by atoms with van der Waals surface area (Å²) in [5, 5.41) is 0. The lowest BCUT2D eigenvalue weighted by Crippen LogP contribution is -1.98. The number of ether oxygens (including phenoxy) is 1. The molecule has 0 bridgehead atoms. The zero-order valence-electron chi connectivity index (χ0n) is 9.00. The van der Waals surface area contributed by atoms with Gasteiger partial charge in [-0.05, 0) is 11.6 Å². The van der Waals surface area contributed by atoms with Crippen LogP contribution in [0.1, 0.15) is 5.56 Å². The predicted octanol–water partition coefficient (Wildman–Crippen LogP) is 2.99. The largest absolute Gasteiger partial charge is 0.458 e. The molecule has 1 aromatic rings. The van der Waals surface area contributed by atoms with Gasteiger partial charge in [-0.25, -0.2) is 4.79 Å². The van der Waals surface area contributed by atoms with E-state index in [0.717, 1.165) is 11.6 Å². The summed E-state index contributed by atoms with van der Waals surface area (Å²) in [7, 11) is 0. The molecule has 16 heavy (non-hydrogen) atoms. The second-order valence-electron chi connectivity index (χ2n) is 3.03. The second-order valence-corrected chi connectivity index (χ2v) is 3.03. The number of benzene rings is 1. The molecule has 0 saturated carbocycles. The summed E-state index contributed by atoms with van der Waals surface area (Å²) in [6.07, 6.45) is 8.63. The lowest BCUT2D eigenvalue weighted by atomic mass is 10.2. The summed E-state index contributed by atoms with van der Waals surface area (Å²) in [5.41, 5.74) is 1.13. The smallest absolute Gasteiger partial charge is 0.330 e. The molecule has 1 rings (SSSR count). The molecular weight excluding hydrogens is 200 g/mol. The van der Waals surface area contributed by atoms with E-state index in [9.17, 15) is 4.79 Å². The van der Waals surface area contributed by atoms with Crippen molar-refractivity contribution in [2.24, 2.45) is 0 Å². The fraction of sp³-hybridized carbons (Fsp3) is 0.0714. The van der Waals surface area contributed by atoms with Crippen LogP contribution in [0.5, 0.6) is 0 Å². The molecule has 0 aromatic heterocycles. The highest BCUT2D eigenvalue weighted by atomic mass is 16.5. The Hall–Kier alpha value is -2.09. The molecule has 0 unspecified atom stereocenters. The Kier molecular flexibility index (Phi) is 5.42. The lowest BCUT2D eigenvalue weighted by molar-refractivity contribution is -0.136. The van der Waals surface area contributed by atoms with E-state index in [4.69, 9.17) is 4.74 Å². The van der Waals surface area contributed by atoms with E-state index in [1.807, 2.05) is 48.6 Å². The van der Waals surface area contributed by atoms with Gasteiger partial charge in [0.1, 0.15) is 6.61 Å². The van der Waals surface area contributed by atoms with E-state index in [-0.39, 0.29) is 6.61 Å². The topological polar surface area (TPSA) is 26.3 Å². The maximum atomic E-state index is 10.7. The SMILES string of the molecule is C=CC(=O)OCC=CC=Cc1ccccc1. The second kappa shape index (κ2) is 7.23. The molecule has 2 heteroatoms. The number of carbonyl (C=O) groups excluding carboxylic acids is 1. The minimum atomic E-state index is -0.406. The first-order chi connectivity index (χ1) is 7.83. The first-order valence-corrected chi connectivity index (χ1v) is 5.00. The molecule has 2 nitrogen and oxygen atoms in total. The maximum absolute atomic E-state index is 10.7. The third-order valence-electron chi connectivity index (χ3n) is 1.82. The highest BCUT2D eigenvalue weighted by Gasteiger charge is 1.89. The zero-order valence-corrected chi connectivity index (χ0v) is 9.00. The first-order valence-electron chi connectivity index (χ1n) is 5.00. The molecule has 0 spiro atoms. The number of esters is 1. The monoisotopic (exact) mass is 214 g/mol. The van der Waals surface area contributed by atoms with Crippen molar-refractivity contribution in [3.8, 4) is 0 Å². The van der Waals surface area contributed by atoms with Crippen LogP contribution in [-0.4, -0.2) is 12.6 Å². The molecule has 0 saturated heterocycles. The molecule has 0 N–H and O–H groups in total. The van der Waals surface area contributed by atoms with Crippen LogP contribution in [0.2, 0.25) is 0 Å². The summed E-state index contributed by atoms with van der Waals surface area (Å²) in [6, 6.07) is 9.97. The summed E-state index contributed by atoms with van der Waals surface area (Å²) in [5.74, 6) is -0.406. The van der Waals surface area contributed by atoms with Crippen molar-refractivity contribution in [2.45, 2.75) is 0 Å². The number of hydrogen-bond donors (Lipinski definition) is 0. The van der Waals surface area contributed by atoms with Crippen molar-refractivity contribution < 1.29 is 9.53 Å². The summed E-state index contributed by atoms with van der Waals surface area (Å²) < 4.78 is 4.77. The summed E-state index contributed by atoms with van der Waals surface area (Å²) in [4.78, 5) is 10.7. The quantitative estimate of drug-likeness (QED) is 0.428. The first kappa shape index (κ1) is 12.0. The van der Waals surface area contributed by atoms with E-state index in [0.29, 0.717) is 0 Å². The average molecular weight is 214 g/mol. The van der Waals surface area contributed by atoms with E-state index in [2.05, 4.69) is 6.58 Å². The average Bonchev–Trinajstić information content (AvgIpc) is 2.34. The summed E-state index contributed by atoms with van der Waals surface area (Å²) >= 11 is 0. The Morgan fingerprint density at radius 2 is 2.00 bits per heavy atom. The molecule has 0 radical (unpaired) electrons. The van der Waals surface area contributed by atoms with Crippen LogP contribution in [-0.2, 0) is 9.53 Å². The highest BCUT2D eigenvalue weighted by Crippen LogP contribution is 2.00. The third kappa shape index (κ3) is 4.96. The molecule has 0 fully saturated rings. The lowest BCUT2D eigenvalue weighted by Gasteiger charge is -1.93. The van der Waals surface area contributed by atoms with Crippen molar-refractivity contribution >= 4 is 12.0 Å². The molecule has 0 aliphatic heterocycles. The van der Waals surface area contributed by atoms with Gasteiger partial charge in [-0.2, -0.15) is 0 Å². The van der Waals surface area contributed by atoms with Gasteiger partial charge in [-0.15, -0.1) is 0 Å². The van der Waals surface area contributed by atoms with Crippen LogP contribution >= 0.6 is 0 Å². The molecule has 0 amide bonds. The van der Waals surface area contributed by atoms with Crippen molar-refractivity contribution in [2.75, 3.05) is 6.61 Å². The highest BCUT2D eigenvalue weighted by molar-refractivity contribution is 5.81. The number of allylic oxidation sites excluding steroid dienone is 2. The molecular formula is C14H14O2. The van der Waals surface area contributed by atoms with Crippen molar-refractivity contribution in [1.82, 2.24) is 0 Å². The van der Waals surface area contributed by atoms with E-state index >= 15 is 0 Å².